The number of amides is 2. The molecule has 2 aliphatic rings. The van der Waals surface area contributed by atoms with Crippen molar-refractivity contribution in [2.45, 2.75) is 37.0 Å². The highest BCUT2D eigenvalue weighted by Gasteiger charge is 2.41. The molecule has 7 nitrogen and oxygen atoms in total. The summed E-state index contributed by atoms with van der Waals surface area (Å²) in [5.74, 6) is 1.52. The Morgan fingerprint density at radius 3 is 2.57 bits per heavy atom. The first-order chi connectivity index (χ1) is 18.0. The Kier molecular flexibility index (Phi) is 7.48. The van der Waals surface area contributed by atoms with Gasteiger partial charge in [-0.1, -0.05) is 42.5 Å². The van der Waals surface area contributed by atoms with Gasteiger partial charge in [0.15, 0.2) is 0 Å². The monoisotopic (exact) mass is 519 g/mol. The summed E-state index contributed by atoms with van der Waals surface area (Å²) >= 11 is 0. The number of methoxy groups -OCH3 is 1. The van der Waals surface area contributed by atoms with Gasteiger partial charge < -0.3 is 10.1 Å². The zero-order valence-electron chi connectivity index (χ0n) is 21.1. The highest BCUT2D eigenvalue weighted by Crippen LogP contribution is 2.39. The Hall–Kier alpha value is -3.36. The second kappa shape index (κ2) is 10.9. The Balaban J connectivity index is 1.17. The number of para-hydroxylation sites is 2. The number of hydrogen-bond donors (Lipinski definition) is 1. The van der Waals surface area contributed by atoms with E-state index in [1.165, 1.54) is 16.0 Å². The van der Waals surface area contributed by atoms with Crippen LogP contribution in [-0.4, -0.2) is 45.5 Å². The average molecular weight is 520 g/mol. The highest BCUT2D eigenvalue weighted by atomic mass is 32.2. The number of rotatable bonds is 9. The van der Waals surface area contributed by atoms with Crippen molar-refractivity contribution < 1.29 is 17.9 Å². The minimum atomic E-state index is -3.91. The number of sulfonamides is 1. The van der Waals surface area contributed by atoms with Crippen LogP contribution in [-0.2, 0) is 22.9 Å². The van der Waals surface area contributed by atoms with Crippen molar-refractivity contribution in [2.24, 2.45) is 5.92 Å². The van der Waals surface area contributed by atoms with Crippen molar-refractivity contribution in [1.29, 1.82) is 0 Å². The summed E-state index contributed by atoms with van der Waals surface area (Å²) in [7, 11) is -2.18. The second-order valence-electron chi connectivity index (χ2n) is 9.62. The summed E-state index contributed by atoms with van der Waals surface area (Å²) in [6.45, 7) is 1.83. The fourth-order valence-corrected chi connectivity index (χ4v) is 6.91. The van der Waals surface area contributed by atoms with Gasteiger partial charge in [0, 0.05) is 6.54 Å². The third-order valence-electron chi connectivity index (χ3n) is 7.26. The average Bonchev–Trinajstić information content (AvgIpc) is 2.92. The maximum atomic E-state index is 13.4. The molecule has 1 unspecified atom stereocenters. The topological polar surface area (TPSA) is 79.0 Å². The number of unbranched alkanes of at least 4 members (excludes halogenated alkanes) is 1. The first kappa shape index (κ1) is 25.3. The van der Waals surface area contributed by atoms with Gasteiger partial charge in [-0.2, -0.15) is 0 Å². The predicted octanol–water partition coefficient (Wildman–Crippen LogP) is 5.13. The van der Waals surface area contributed by atoms with Crippen molar-refractivity contribution in [2.75, 3.05) is 31.6 Å². The van der Waals surface area contributed by atoms with E-state index in [-0.39, 0.29) is 11.4 Å². The largest absolute Gasteiger partial charge is 0.496 e. The molecule has 1 atom stereocenters. The summed E-state index contributed by atoms with van der Waals surface area (Å²) in [5.41, 5.74) is 3.74. The molecular formula is C29H33N3O4S. The van der Waals surface area contributed by atoms with Gasteiger partial charge in [0.05, 0.1) is 18.5 Å². The molecule has 0 aromatic heterocycles. The Labute approximate surface area is 219 Å². The van der Waals surface area contributed by atoms with E-state index in [4.69, 9.17) is 4.74 Å². The van der Waals surface area contributed by atoms with Crippen LogP contribution in [0.4, 0.5) is 16.2 Å². The number of carbonyl (C=O) groups is 1. The van der Waals surface area contributed by atoms with E-state index in [0.29, 0.717) is 23.7 Å². The molecule has 0 fully saturated rings. The minimum Gasteiger partial charge on any atom is -0.496 e. The van der Waals surface area contributed by atoms with E-state index in [0.717, 1.165) is 48.8 Å². The van der Waals surface area contributed by atoms with Crippen molar-refractivity contribution in [3.8, 4) is 5.75 Å². The smallest absolute Gasteiger partial charge is 0.343 e. The number of hydrogen-bond acceptors (Lipinski definition) is 5. The maximum Gasteiger partial charge on any atom is 0.343 e. The van der Waals surface area contributed by atoms with Crippen molar-refractivity contribution >= 4 is 27.4 Å². The molecule has 0 radical (unpaired) electrons. The molecule has 1 aliphatic heterocycles. The number of carbonyl (C=O) groups excluding carboxylic acids is 1. The number of aryl methyl sites for hydroxylation is 1. The number of nitrogens with zero attached hydrogens (tertiary/aromatic N) is 2. The normalized spacial score (nSPS) is 18.3. The molecule has 0 bridgehead atoms. The van der Waals surface area contributed by atoms with Crippen LogP contribution >= 0.6 is 0 Å². The number of ether oxygens (including phenoxy) is 1. The van der Waals surface area contributed by atoms with Gasteiger partial charge in [-0.3, -0.25) is 4.90 Å². The third kappa shape index (κ3) is 5.08. The Morgan fingerprint density at radius 1 is 0.973 bits per heavy atom. The number of urea groups is 1. The van der Waals surface area contributed by atoms with Crippen LogP contribution in [0.5, 0.6) is 5.75 Å². The van der Waals surface area contributed by atoms with Gasteiger partial charge in [0.25, 0.3) is 10.0 Å². The lowest BCUT2D eigenvalue weighted by molar-refractivity contribution is 0.229. The van der Waals surface area contributed by atoms with Gasteiger partial charge in [-0.25, -0.2) is 17.5 Å². The molecule has 0 saturated heterocycles. The number of anilines is 2. The minimum absolute atomic E-state index is 0.147. The first-order valence-electron chi connectivity index (χ1n) is 12.9. The van der Waals surface area contributed by atoms with Crippen LogP contribution in [0.25, 0.3) is 0 Å². The number of fused-ring (bicyclic) bond motifs is 2. The number of benzene rings is 3. The lowest BCUT2D eigenvalue weighted by atomic mass is 9.83. The lowest BCUT2D eigenvalue weighted by Crippen LogP contribution is -2.49. The molecule has 0 spiro atoms. The van der Waals surface area contributed by atoms with Crippen LogP contribution in [0.1, 0.15) is 30.4 Å². The van der Waals surface area contributed by atoms with Gasteiger partial charge in [0.1, 0.15) is 10.6 Å². The van der Waals surface area contributed by atoms with Crippen LogP contribution in [0.15, 0.2) is 77.7 Å². The summed E-state index contributed by atoms with van der Waals surface area (Å²) in [6, 6.07) is 21.6. The van der Waals surface area contributed by atoms with E-state index in [1.807, 2.05) is 36.4 Å². The third-order valence-corrected chi connectivity index (χ3v) is 9.08. The zero-order chi connectivity index (χ0) is 25.8. The predicted molar refractivity (Wildman–Crippen MR) is 145 cm³/mol. The molecule has 1 N–H and O–H groups in total. The van der Waals surface area contributed by atoms with Crippen molar-refractivity contribution in [3.63, 3.8) is 0 Å². The second-order valence-corrected chi connectivity index (χ2v) is 11.4. The van der Waals surface area contributed by atoms with Crippen LogP contribution in [0, 0.1) is 5.92 Å². The Bertz CT molecular complexity index is 1350. The molecule has 1 heterocycles. The van der Waals surface area contributed by atoms with Crippen molar-refractivity contribution in [1.82, 2.24) is 9.62 Å². The fraction of sp³-hybridized carbons (Fsp3) is 0.345. The van der Waals surface area contributed by atoms with E-state index < -0.39 is 16.1 Å². The molecule has 1 aliphatic carbocycles. The molecule has 8 heteroatoms. The van der Waals surface area contributed by atoms with E-state index >= 15 is 0 Å². The quantitative estimate of drug-likeness (QED) is 0.397. The Morgan fingerprint density at radius 2 is 1.76 bits per heavy atom. The van der Waals surface area contributed by atoms with E-state index in [1.54, 1.807) is 31.4 Å². The van der Waals surface area contributed by atoms with Crippen LogP contribution < -0.4 is 15.0 Å². The molecular weight excluding hydrogens is 486 g/mol. The molecule has 3 aromatic rings. The van der Waals surface area contributed by atoms with Crippen LogP contribution in [0.2, 0.25) is 0 Å². The SMILES string of the molecule is COc1cccc2c1CC(CNCCCCN1C(=O)N(c3ccccc3)c3ccccc3S1(=O)=O)CC2. The van der Waals surface area contributed by atoms with Crippen molar-refractivity contribution in [3.05, 3.63) is 83.9 Å². The van der Waals surface area contributed by atoms with E-state index in [9.17, 15) is 13.2 Å². The molecule has 5 rings (SSSR count). The van der Waals surface area contributed by atoms with Gasteiger partial charge in [0.2, 0.25) is 0 Å². The molecule has 37 heavy (non-hydrogen) atoms. The highest BCUT2D eigenvalue weighted by molar-refractivity contribution is 7.90. The summed E-state index contributed by atoms with van der Waals surface area (Å²) < 4.78 is 33.2. The van der Waals surface area contributed by atoms with Gasteiger partial charge >= 0.3 is 6.03 Å². The molecule has 194 valence electrons. The molecule has 2 amide bonds. The molecule has 3 aromatic carbocycles. The summed E-state index contributed by atoms with van der Waals surface area (Å²) in [5, 5.41) is 3.54. The van der Waals surface area contributed by atoms with Gasteiger partial charge in [-0.15, -0.1) is 0 Å². The first-order valence-corrected chi connectivity index (χ1v) is 14.3. The molecule has 0 saturated carbocycles. The van der Waals surface area contributed by atoms with E-state index in [2.05, 4.69) is 17.4 Å². The summed E-state index contributed by atoms with van der Waals surface area (Å²) in [6.07, 6.45) is 4.57. The van der Waals surface area contributed by atoms with Crippen LogP contribution in [0.3, 0.4) is 0 Å². The summed E-state index contributed by atoms with van der Waals surface area (Å²) in [4.78, 5) is 15.1. The zero-order valence-corrected chi connectivity index (χ0v) is 21.9. The number of nitrogens with one attached hydrogen (secondary N) is 1. The lowest BCUT2D eigenvalue weighted by Gasteiger charge is -2.36. The standard InChI is InChI=1S/C29H33N3O4S/c1-36-27-14-9-10-23-17-16-22(20-25(23)27)21-30-18-7-8-19-31-29(33)32(24-11-3-2-4-12-24)26-13-5-6-15-28(26)37(31,34)35/h2-6,9-15,22,30H,7-8,16-21H2,1H3. The maximum absolute atomic E-state index is 13.4. The van der Waals surface area contributed by atoms with Gasteiger partial charge in [-0.05, 0) is 92.6 Å². The fourth-order valence-electron chi connectivity index (χ4n) is 5.34.